The van der Waals surface area contributed by atoms with E-state index in [-0.39, 0.29) is 5.78 Å². The van der Waals surface area contributed by atoms with Gasteiger partial charge in [0.25, 0.3) is 0 Å². The highest BCUT2D eigenvalue weighted by Crippen LogP contribution is 2.19. The number of carbonyl (C=O) groups excluding carboxylic acids is 2. The number of likely N-dealkylation sites (N-methyl/N-ethyl adjacent to an activating group) is 1. The van der Waals surface area contributed by atoms with Gasteiger partial charge in [-0.3, -0.25) is 14.5 Å². The Hall–Kier alpha value is -0.900. The zero-order valence-electron chi connectivity index (χ0n) is 12.4. The smallest absolute Gasteiger partial charge is 0.319 e. The summed E-state index contributed by atoms with van der Waals surface area (Å²) in [7, 11) is 0. The molecule has 0 aliphatic rings. The van der Waals surface area contributed by atoms with Crippen molar-refractivity contribution in [1.82, 2.24) is 4.90 Å². The van der Waals surface area contributed by atoms with Crippen LogP contribution in [0.5, 0.6) is 0 Å². The summed E-state index contributed by atoms with van der Waals surface area (Å²) >= 11 is 0. The second-order valence-corrected chi connectivity index (χ2v) is 4.99. The number of nitrogens with zero attached hydrogens (tertiary/aromatic N) is 1. The van der Waals surface area contributed by atoms with Crippen molar-refractivity contribution in [3.63, 3.8) is 0 Å². The molecule has 0 saturated heterocycles. The van der Waals surface area contributed by atoms with E-state index < -0.39 is 11.4 Å². The fourth-order valence-corrected chi connectivity index (χ4v) is 1.56. The number of ether oxygens (including phenoxy) is 1. The molecule has 4 heteroatoms. The van der Waals surface area contributed by atoms with Crippen molar-refractivity contribution >= 4 is 11.8 Å². The fraction of sp³-hybridized carbons (Fsp3) is 0.857. The minimum absolute atomic E-state index is 0.0705. The van der Waals surface area contributed by atoms with E-state index in [0.29, 0.717) is 13.2 Å². The van der Waals surface area contributed by atoms with E-state index in [1.165, 1.54) is 0 Å². The molecule has 0 saturated carbocycles. The van der Waals surface area contributed by atoms with Crippen LogP contribution in [0, 0.1) is 5.41 Å². The van der Waals surface area contributed by atoms with Crippen molar-refractivity contribution in [2.75, 3.05) is 26.2 Å². The largest absolute Gasteiger partial charge is 0.465 e. The van der Waals surface area contributed by atoms with E-state index in [1.54, 1.807) is 20.8 Å². The predicted molar refractivity (Wildman–Crippen MR) is 72.4 cm³/mol. The summed E-state index contributed by atoms with van der Waals surface area (Å²) < 4.78 is 4.95. The second kappa shape index (κ2) is 8.25. The van der Waals surface area contributed by atoms with Gasteiger partial charge in [-0.15, -0.1) is 0 Å². The Morgan fingerprint density at radius 1 is 1.17 bits per heavy atom. The van der Waals surface area contributed by atoms with Gasteiger partial charge in [0, 0.05) is 0 Å². The second-order valence-electron chi connectivity index (χ2n) is 4.99. The molecule has 0 aromatic rings. The van der Waals surface area contributed by atoms with Crippen molar-refractivity contribution in [3.8, 4) is 0 Å². The van der Waals surface area contributed by atoms with Gasteiger partial charge < -0.3 is 4.74 Å². The van der Waals surface area contributed by atoms with Gasteiger partial charge >= 0.3 is 5.97 Å². The third-order valence-electron chi connectivity index (χ3n) is 3.13. The summed E-state index contributed by atoms with van der Waals surface area (Å²) in [4.78, 5) is 26.0. The molecule has 18 heavy (non-hydrogen) atoms. The zero-order valence-corrected chi connectivity index (χ0v) is 12.4. The molecule has 0 amide bonds. The number of unbranched alkanes of at least 4 members (excludes halogenated alkanes) is 1. The molecule has 0 atom stereocenters. The molecule has 0 bridgehead atoms. The number of Topliss-reactive ketones (excluding diaryl/α,β-unsaturated/α-hetero) is 1. The molecule has 0 N–H and O–H groups in total. The van der Waals surface area contributed by atoms with E-state index in [2.05, 4.69) is 11.8 Å². The average molecular weight is 257 g/mol. The lowest BCUT2D eigenvalue weighted by Gasteiger charge is -2.25. The van der Waals surface area contributed by atoms with Gasteiger partial charge in [-0.1, -0.05) is 20.3 Å². The van der Waals surface area contributed by atoms with Crippen molar-refractivity contribution in [3.05, 3.63) is 0 Å². The minimum atomic E-state index is -1.05. The Bertz CT molecular complexity index is 274. The van der Waals surface area contributed by atoms with Crippen molar-refractivity contribution in [1.29, 1.82) is 0 Å². The summed E-state index contributed by atoms with van der Waals surface area (Å²) in [5.41, 5.74) is -1.05. The molecule has 0 fully saturated rings. The van der Waals surface area contributed by atoms with Crippen LogP contribution in [0.2, 0.25) is 0 Å². The highest BCUT2D eigenvalue weighted by atomic mass is 16.5. The van der Waals surface area contributed by atoms with Gasteiger partial charge in [0.05, 0.1) is 13.2 Å². The van der Waals surface area contributed by atoms with Crippen LogP contribution in [-0.4, -0.2) is 42.9 Å². The van der Waals surface area contributed by atoms with E-state index in [9.17, 15) is 9.59 Å². The molecule has 0 radical (unpaired) electrons. The Morgan fingerprint density at radius 3 is 2.22 bits per heavy atom. The molecule has 0 aromatic heterocycles. The highest BCUT2D eigenvalue weighted by Gasteiger charge is 2.37. The van der Waals surface area contributed by atoms with Gasteiger partial charge in [0.15, 0.2) is 5.78 Å². The lowest BCUT2D eigenvalue weighted by atomic mass is 9.87. The summed E-state index contributed by atoms with van der Waals surface area (Å²) in [6, 6.07) is 0. The first-order chi connectivity index (χ1) is 8.39. The molecule has 4 nitrogen and oxygen atoms in total. The summed E-state index contributed by atoms with van der Waals surface area (Å²) in [5, 5.41) is 0. The van der Waals surface area contributed by atoms with Gasteiger partial charge in [-0.05, 0) is 40.3 Å². The standard InChI is InChI=1S/C14H27NO3/c1-6-9-10-15(7-2)11-12(16)14(4,5)13(17)18-8-3/h6-11H2,1-5H3. The Labute approximate surface area is 111 Å². The topological polar surface area (TPSA) is 46.6 Å². The number of carbonyl (C=O) groups is 2. The van der Waals surface area contributed by atoms with Gasteiger partial charge in [0.1, 0.15) is 5.41 Å². The molecule has 106 valence electrons. The maximum Gasteiger partial charge on any atom is 0.319 e. The Balaban J connectivity index is 4.47. The SMILES string of the molecule is CCCCN(CC)CC(=O)C(C)(C)C(=O)OCC. The van der Waals surface area contributed by atoms with Crippen LogP contribution in [0.1, 0.15) is 47.5 Å². The van der Waals surface area contributed by atoms with Crippen LogP contribution >= 0.6 is 0 Å². The third-order valence-corrected chi connectivity index (χ3v) is 3.13. The molecule has 0 aliphatic heterocycles. The van der Waals surface area contributed by atoms with Crippen LogP contribution in [0.3, 0.4) is 0 Å². The maximum absolute atomic E-state index is 12.2. The molecule has 0 rings (SSSR count). The molecule has 0 heterocycles. The quantitative estimate of drug-likeness (QED) is 0.469. The fourth-order valence-electron chi connectivity index (χ4n) is 1.56. The van der Waals surface area contributed by atoms with E-state index in [0.717, 1.165) is 25.9 Å². The third kappa shape index (κ3) is 5.17. The van der Waals surface area contributed by atoms with E-state index in [1.807, 2.05) is 6.92 Å². The lowest BCUT2D eigenvalue weighted by molar-refractivity contribution is -0.158. The van der Waals surface area contributed by atoms with E-state index >= 15 is 0 Å². The van der Waals surface area contributed by atoms with Crippen LogP contribution in [0.4, 0.5) is 0 Å². The summed E-state index contributed by atoms with van der Waals surface area (Å²) in [6.07, 6.45) is 2.17. The van der Waals surface area contributed by atoms with Crippen LogP contribution in [0.25, 0.3) is 0 Å². The Morgan fingerprint density at radius 2 is 1.78 bits per heavy atom. The minimum Gasteiger partial charge on any atom is -0.465 e. The number of ketones is 1. The number of esters is 1. The van der Waals surface area contributed by atoms with Crippen LogP contribution in [0.15, 0.2) is 0 Å². The van der Waals surface area contributed by atoms with Gasteiger partial charge in [-0.2, -0.15) is 0 Å². The molecule has 0 unspecified atom stereocenters. The van der Waals surface area contributed by atoms with E-state index in [4.69, 9.17) is 4.74 Å². The molecule has 0 spiro atoms. The van der Waals surface area contributed by atoms with Crippen molar-refractivity contribution in [2.24, 2.45) is 5.41 Å². The Kier molecular flexibility index (Phi) is 7.83. The summed E-state index contributed by atoms with van der Waals surface area (Å²) in [6.45, 7) is 11.5. The summed E-state index contributed by atoms with van der Waals surface area (Å²) in [5.74, 6) is -0.500. The highest BCUT2D eigenvalue weighted by molar-refractivity contribution is 6.03. The van der Waals surface area contributed by atoms with Crippen LogP contribution in [-0.2, 0) is 14.3 Å². The first-order valence-electron chi connectivity index (χ1n) is 6.82. The van der Waals surface area contributed by atoms with Gasteiger partial charge in [0.2, 0.25) is 0 Å². The molecule has 0 aromatic carbocycles. The predicted octanol–water partition coefficient (Wildman–Crippen LogP) is 2.27. The number of rotatable bonds is 9. The number of hydrogen-bond acceptors (Lipinski definition) is 4. The van der Waals surface area contributed by atoms with Crippen molar-refractivity contribution < 1.29 is 14.3 Å². The number of hydrogen-bond donors (Lipinski definition) is 0. The molecular formula is C14H27NO3. The maximum atomic E-state index is 12.2. The van der Waals surface area contributed by atoms with Crippen LogP contribution < -0.4 is 0 Å². The molecular weight excluding hydrogens is 230 g/mol. The molecule has 0 aliphatic carbocycles. The first-order valence-corrected chi connectivity index (χ1v) is 6.82. The zero-order chi connectivity index (χ0) is 14.2. The normalized spacial score (nSPS) is 11.7. The lowest BCUT2D eigenvalue weighted by Crippen LogP contribution is -2.42. The first kappa shape index (κ1) is 17.1. The monoisotopic (exact) mass is 257 g/mol. The van der Waals surface area contributed by atoms with Gasteiger partial charge in [-0.25, -0.2) is 0 Å². The van der Waals surface area contributed by atoms with Crippen molar-refractivity contribution in [2.45, 2.75) is 47.5 Å². The average Bonchev–Trinajstić information content (AvgIpc) is 2.34.